The van der Waals surface area contributed by atoms with Gasteiger partial charge in [-0.15, -0.1) is 0 Å². The second kappa shape index (κ2) is 6.26. The van der Waals surface area contributed by atoms with Gasteiger partial charge in [-0.05, 0) is 24.6 Å². The fourth-order valence-electron chi connectivity index (χ4n) is 2.09. The van der Waals surface area contributed by atoms with Crippen molar-refractivity contribution in [1.82, 2.24) is 10.0 Å². The fraction of sp³-hybridized carbons (Fsp3) is 0.357. The maximum Gasteiger partial charge on any atom is 0.242 e. The number of hydrogen-bond donors (Lipinski definition) is 3. The van der Waals surface area contributed by atoms with E-state index in [1.807, 2.05) is 6.92 Å². The van der Waals surface area contributed by atoms with Crippen LogP contribution in [0.1, 0.15) is 17.5 Å². The van der Waals surface area contributed by atoms with E-state index in [9.17, 15) is 13.2 Å². The Hall–Kier alpha value is -1.88. The van der Waals surface area contributed by atoms with Crippen LogP contribution in [0.25, 0.3) is 0 Å². The molecule has 1 heterocycles. The van der Waals surface area contributed by atoms with E-state index >= 15 is 0 Å². The van der Waals surface area contributed by atoms with Crippen molar-refractivity contribution in [2.75, 3.05) is 13.1 Å². The van der Waals surface area contributed by atoms with Gasteiger partial charge >= 0.3 is 0 Å². The van der Waals surface area contributed by atoms with Gasteiger partial charge in [-0.3, -0.25) is 4.79 Å². The van der Waals surface area contributed by atoms with Crippen molar-refractivity contribution < 1.29 is 13.2 Å². The van der Waals surface area contributed by atoms with Gasteiger partial charge in [0.15, 0.2) is 0 Å². The van der Waals surface area contributed by atoms with Crippen molar-refractivity contribution in [3.63, 3.8) is 0 Å². The zero-order valence-corrected chi connectivity index (χ0v) is 12.5. The average Bonchev–Trinajstić information content (AvgIpc) is 2.80. The van der Waals surface area contributed by atoms with E-state index in [1.54, 1.807) is 12.1 Å². The minimum atomic E-state index is -3.73. The molecule has 0 spiro atoms. The largest absolute Gasteiger partial charge is 0.354 e. The standard InChI is InChI=1S/C14H17N3O3S/c1-10-4-5-13(11(7-10)3-2-6-15)21(19,20)17-12-8-14(18)16-9-12/h4-5,7,12,17H,6,8-9,15H2,1H3,(H,16,18). The van der Waals surface area contributed by atoms with E-state index in [-0.39, 0.29) is 23.8 Å². The van der Waals surface area contributed by atoms with Crippen molar-refractivity contribution in [2.24, 2.45) is 5.73 Å². The Morgan fingerprint density at radius 3 is 2.86 bits per heavy atom. The Kier molecular flexibility index (Phi) is 4.63. The highest BCUT2D eigenvalue weighted by atomic mass is 32.2. The summed E-state index contributed by atoms with van der Waals surface area (Å²) in [5, 5.41) is 2.59. The van der Waals surface area contributed by atoms with Crippen LogP contribution in [0.3, 0.4) is 0 Å². The zero-order valence-electron chi connectivity index (χ0n) is 11.6. The third kappa shape index (κ3) is 3.82. The smallest absolute Gasteiger partial charge is 0.242 e. The maximum atomic E-state index is 12.4. The molecule has 1 aliphatic rings. The van der Waals surface area contributed by atoms with Gasteiger partial charge in [0.1, 0.15) is 0 Å². The minimum absolute atomic E-state index is 0.105. The van der Waals surface area contributed by atoms with E-state index < -0.39 is 16.1 Å². The molecule has 0 bridgehead atoms. The molecular formula is C14H17N3O3S. The van der Waals surface area contributed by atoms with Gasteiger partial charge in [0.05, 0.1) is 11.4 Å². The number of rotatable bonds is 3. The molecule has 0 saturated carbocycles. The Morgan fingerprint density at radius 2 is 2.24 bits per heavy atom. The number of carbonyl (C=O) groups excluding carboxylic acids is 1. The Bertz CT molecular complexity index is 717. The summed E-state index contributed by atoms with van der Waals surface area (Å²) in [5.41, 5.74) is 6.65. The van der Waals surface area contributed by atoms with Crippen molar-refractivity contribution in [3.8, 4) is 11.8 Å². The van der Waals surface area contributed by atoms with Crippen LogP contribution in [0.4, 0.5) is 0 Å². The molecule has 1 unspecified atom stereocenters. The van der Waals surface area contributed by atoms with Crippen molar-refractivity contribution in [1.29, 1.82) is 0 Å². The van der Waals surface area contributed by atoms with Gasteiger partial charge in [0.2, 0.25) is 15.9 Å². The Balaban J connectivity index is 2.33. The SMILES string of the molecule is Cc1ccc(S(=O)(=O)NC2CNC(=O)C2)c(C#CCN)c1. The Labute approximate surface area is 124 Å². The lowest BCUT2D eigenvalue weighted by Gasteiger charge is -2.13. The number of nitrogens with two attached hydrogens (primary N) is 1. The molecule has 6 nitrogen and oxygen atoms in total. The van der Waals surface area contributed by atoms with Gasteiger partial charge < -0.3 is 11.1 Å². The molecule has 1 amide bonds. The van der Waals surface area contributed by atoms with Gasteiger partial charge in [-0.2, -0.15) is 0 Å². The third-order valence-electron chi connectivity index (χ3n) is 3.05. The van der Waals surface area contributed by atoms with E-state index in [0.29, 0.717) is 12.1 Å². The predicted octanol–water partition coefficient (Wildman–Crippen LogP) is -0.528. The van der Waals surface area contributed by atoms with Crippen molar-refractivity contribution in [3.05, 3.63) is 29.3 Å². The van der Waals surface area contributed by atoms with Crippen LogP contribution < -0.4 is 15.8 Å². The summed E-state index contributed by atoms with van der Waals surface area (Å²) in [5.74, 6) is 5.28. The van der Waals surface area contributed by atoms with E-state index in [4.69, 9.17) is 5.73 Å². The molecule has 1 aromatic carbocycles. The number of aryl methyl sites for hydroxylation is 1. The molecule has 0 aromatic heterocycles. The lowest BCUT2D eigenvalue weighted by atomic mass is 10.1. The molecular weight excluding hydrogens is 290 g/mol. The lowest BCUT2D eigenvalue weighted by molar-refractivity contribution is -0.119. The molecule has 4 N–H and O–H groups in total. The van der Waals surface area contributed by atoms with E-state index in [1.165, 1.54) is 6.07 Å². The topological polar surface area (TPSA) is 101 Å². The van der Waals surface area contributed by atoms with Crippen molar-refractivity contribution in [2.45, 2.75) is 24.3 Å². The van der Waals surface area contributed by atoms with Gasteiger partial charge in [-0.1, -0.05) is 17.9 Å². The highest BCUT2D eigenvalue weighted by Gasteiger charge is 2.27. The first-order valence-corrected chi connectivity index (χ1v) is 7.99. The van der Waals surface area contributed by atoms with Crippen molar-refractivity contribution >= 4 is 15.9 Å². The lowest BCUT2D eigenvalue weighted by Crippen LogP contribution is -2.36. The van der Waals surface area contributed by atoms with Crippen LogP contribution in [0.2, 0.25) is 0 Å². The highest BCUT2D eigenvalue weighted by molar-refractivity contribution is 7.89. The van der Waals surface area contributed by atoms with Crippen LogP contribution >= 0.6 is 0 Å². The maximum absolute atomic E-state index is 12.4. The summed E-state index contributed by atoms with van der Waals surface area (Å²) < 4.78 is 27.4. The normalized spacial score (nSPS) is 18.0. The van der Waals surface area contributed by atoms with Gasteiger partial charge in [-0.25, -0.2) is 13.1 Å². The highest BCUT2D eigenvalue weighted by Crippen LogP contribution is 2.18. The molecule has 21 heavy (non-hydrogen) atoms. The molecule has 1 saturated heterocycles. The molecule has 112 valence electrons. The first kappa shape index (κ1) is 15.5. The van der Waals surface area contributed by atoms with E-state index in [0.717, 1.165) is 5.56 Å². The summed E-state index contributed by atoms with van der Waals surface area (Å²) in [6, 6.07) is 4.50. The Morgan fingerprint density at radius 1 is 1.48 bits per heavy atom. The van der Waals surface area contributed by atoms with Crippen LogP contribution in [0.15, 0.2) is 23.1 Å². The number of hydrogen-bond acceptors (Lipinski definition) is 4. The first-order valence-electron chi connectivity index (χ1n) is 6.51. The molecule has 1 atom stereocenters. The molecule has 1 aliphatic heterocycles. The number of amides is 1. The first-order chi connectivity index (χ1) is 9.92. The summed E-state index contributed by atoms with van der Waals surface area (Å²) in [6.07, 6.45) is 0.148. The summed E-state index contributed by atoms with van der Waals surface area (Å²) in [4.78, 5) is 11.3. The summed E-state index contributed by atoms with van der Waals surface area (Å²) in [6.45, 7) is 2.31. The average molecular weight is 307 g/mol. The second-order valence-electron chi connectivity index (χ2n) is 4.83. The molecule has 2 rings (SSSR count). The minimum Gasteiger partial charge on any atom is -0.354 e. The monoisotopic (exact) mass is 307 g/mol. The summed E-state index contributed by atoms with van der Waals surface area (Å²) in [7, 11) is -3.73. The molecule has 1 aromatic rings. The van der Waals surface area contributed by atoms with Crippen LogP contribution in [-0.4, -0.2) is 33.5 Å². The van der Waals surface area contributed by atoms with Crippen LogP contribution in [0.5, 0.6) is 0 Å². The second-order valence-corrected chi connectivity index (χ2v) is 6.51. The molecule has 0 aliphatic carbocycles. The number of sulfonamides is 1. The molecule has 1 fully saturated rings. The van der Waals surface area contributed by atoms with E-state index in [2.05, 4.69) is 21.9 Å². The quantitative estimate of drug-likeness (QED) is 0.654. The fourth-order valence-corrected chi connectivity index (χ4v) is 3.47. The predicted molar refractivity (Wildman–Crippen MR) is 78.8 cm³/mol. The van der Waals surface area contributed by atoms with Gasteiger partial charge in [0, 0.05) is 24.6 Å². The van der Waals surface area contributed by atoms with Crippen LogP contribution in [0, 0.1) is 18.8 Å². The number of nitrogens with one attached hydrogen (secondary N) is 2. The molecule has 0 radical (unpaired) electrons. The number of carbonyl (C=O) groups is 1. The van der Waals surface area contributed by atoms with Crippen LogP contribution in [-0.2, 0) is 14.8 Å². The zero-order chi connectivity index (χ0) is 15.5. The summed E-state index contributed by atoms with van der Waals surface area (Å²) >= 11 is 0. The van der Waals surface area contributed by atoms with Gasteiger partial charge in [0.25, 0.3) is 0 Å². The number of benzene rings is 1. The third-order valence-corrected chi connectivity index (χ3v) is 4.63. The molecule has 7 heteroatoms.